The molecule has 3 nitrogen and oxygen atoms in total. The number of nitrogens with one attached hydrogen (secondary N) is 1. The molecule has 19 heavy (non-hydrogen) atoms. The first kappa shape index (κ1) is 13.2. The number of thiophene rings is 1. The Morgan fingerprint density at radius 1 is 1.58 bits per heavy atom. The molecule has 1 N–H and O–H groups in total. The summed E-state index contributed by atoms with van der Waals surface area (Å²) in [6, 6.07) is 2.71. The van der Waals surface area contributed by atoms with Gasteiger partial charge in [-0.15, -0.1) is 11.3 Å². The zero-order valence-electron chi connectivity index (χ0n) is 11.2. The van der Waals surface area contributed by atoms with E-state index in [0.717, 1.165) is 12.1 Å². The molecule has 1 atom stereocenters. The number of aromatic nitrogens is 2. The minimum absolute atomic E-state index is 0.431. The summed E-state index contributed by atoms with van der Waals surface area (Å²) in [6.45, 7) is 2.15. The third kappa shape index (κ3) is 2.58. The van der Waals surface area contributed by atoms with Crippen LogP contribution in [0, 0.1) is 0 Å². The second-order valence-electron chi connectivity index (χ2n) is 5.03. The zero-order valence-corrected chi connectivity index (χ0v) is 13.6. The summed E-state index contributed by atoms with van der Waals surface area (Å²) in [4.78, 5) is 1.53. The van der Waals surface area contributed by atoms with E-state index in [1.165, 1.54) is 39.2 Å². The third-order valence-corrected chi connectivity index (χ3v) is 5.37. The molecule has 0 aromatic carbocycles. The van der Waals surface area contributed by atoms with Crippen LogP contribution < -0.4 is 5.32 Å². The van der Waals surface area contributed by atoms with Crippen LogP contribution in [0.5, 0.6) is 0 Å². The van der Waals surface area contributed by atoms with Crippen LogP contribution in [0.1, 0.15) is 41.9 Å². The fourth-order valence-corrected chi connectivity index (χ4v) is 4.59. The van der Waals surface area contributed by atoms with Crippen molar-refractivity contribution in [2.75, 3.05) is 5.32 Å². The molecule has 2 heterocycles. The number of rotatable bonds is 3. The molecule has 2 aromatic heterocycles. The van der Waals surface area contributed by atoms with E-state index in [9.17, 15) is 0 Å². The number of hydrogen-bond acceptors (Lipinski definition) is 3. The lowest BCUT2D eigenvalue weighted by Gasteiger charge is -2.24. The van der Waals surface area contributed by atoms with Crippen LogP contribution in [0.2, 0.25) is 0 Å². The number of halogens is 1. The second-order valence-corrected chi connectivity index (χ2v) is 7.55. The van der Waals surface area contributed by atoms with Crippen molar-refractivity contribution in [1.82, 2.24) is 9.78 Å². The van der Waals surface area contributed by atoms with E-state index in [4.69, 9.17) is 0 Å². The molecular weight excluding hydrogens is 322 g/mol. The van der Waals surface area contributed by atoms with Gasteiger partial charge in [0, 0.05) is 18.1 Å². The van der Waals surface area contributed by atoms with Gasteiger partial charge in [-0.2, -0.15) is 5.10 Å². The molecule has 0 radical (unpaired) electrons. The smallest absolute Gasteiger partial charge is 0.0853 e. The molecule has 3 rings (SSSR count). The minimum Gasteiger partial charge on any atom is -0.375 e. The van der Waals surface area contributed by atoms with Crippen LogP contribution in [0.3, 0.4) is 0 Å². The topological polar surface area (TPSA) is 29.9 Å². The number of hydrogen-bond donors (Lipinski definition) is 1. The molecular formula is C14H18BrN3S. The Morgan fingerprint density at radius 2 is 2.42 bits per heavy atom. The molecule has 1 unspecified atom stereocenters. The summed E-state index contributed by atoms with van der Waals surface area (Å²) < 4.78 is 3.14. The van der Waals surface area contributed by atoms with E-state index in [-0.39, 0.29) is 0 Å². The van der Waals surface area contributed by atoms with Crippen molar-refractivity contribution >= 4 is 33.0 Å². The highest BCUT2D eigenvalue weighted by Gasteiger charge is 2.23. The van der Waals surface area contributed by atoms with Gasteiger partial charge < -0.3 is 5.32 Å². The quantitative estimate of drug-likeness (QED) is 0.903. The van der Waals surface area contributed by atoms with E-state index < -0.39 is 0 Å². The average molecular weight is 340 g/mol. The monoisotopic (exact) mass is 339 g/mol. The Morgan fingerprint density at radius 3 is 3.21 bits per heavy atom. The van der Waals surface area contributed by atoms with Crippen LogP contribution in [0.25, 0.3) is 0 Å². The Bertz CT molecular complexity index is 588. The molecule has 2 aromatic rings. The molecule has 1 aliphatic carbocycles. The largest absolute Gasteiger partial charge is 0.375 e. The summed E-state index contributed by atoms with van der Waals surface area (Å²) in [5.74, 6) is 0. The van der Waals surface area contributed by atoms with Crippen molar-refractivity contribution in [1.29, 1.82) is 0 Å². The molecule has 0 amide bonds. The normalized spacial score (nSPS) is 18.4. The van der Waals surface area contributed by atoms with E-state index in [1.54, 1.807) is 0 Å². The minimum atomic E-state index is 0.431. The summed E-state index contributed by atoms with van der Waals surface area (Å²) in [6.07, 6.45) is 6.75. The fourth-order valence-electron chi connectivity index (χ4n) is 2.78. The summed E-state index contributed by atoms with van der Waals surface area (Å²) in [5, 5.41) is 8.20. The summed E-state index contributed by atoms with van der Waals surface area (Å²) in [5.41, 5.74) is 3.81. The molecule has 5 heteroatoms. The second kappa shape index (κ2) is 5.29. The van der Waals surface area contributed by atoms with Gasteiger partial charge >= 0.3 is 0 Å². The highest BCUT2D eigenvalue weighted by molar-refractivity contribution is 9.11. The van der Waals surface area contributed by atoms with Crippen molar-refractivity contribution in [3.05, 3.63) is 32.2 Å². The van der Waals surface area contributed by atoms with Gasteiger partial charge in [-0.25, -0.2) is 0 Å². The Kier molecular flexibility index (Phi) is 3.67. The number of nitrogens with zero attached hydrogens (tertiary/aromatic N) is 2. The molecule has 0 bridgehead atoms. The highest BCUT2D eigenvalue weighted by Crippen LogP contribution is 2.39. The molecule has 0 spiro atoms. The predicted molar refractivity (Wildman–Crippen MR) is 83.9 cm³/mol. The standard InChI is InChI=1S/C14H18BrN3S/c1-3-10-12(8-18(2)17-10)16-11-5-4-6-13-9(11)7-14(15)19-13/h7-8,11,16H,3-6H2,1-2H3. The fraction of sp³-hybridized carbons (Fsp3) is 0.500. The van der Waals surface area contributed by atoms with Crippen molar-refractivity contribution in [2.24, 2.45) is 7.05 Å². The van der Waals surface area contributed by atoms with Crippen molar-refractivity contribution in [2.45, 2.75) is 38.6 Å². The number of anilines is 1. The van der Waals surface area contributed by atoms with Gasteiger partial charge in [0.05, 0.1) is 21.2 Å². The first-order chi connectivity index (χ1) is 9.17. The lowest BCUT2D eigenvalue weighted by molar-refractivity contribution is 0.608. The van der Waals surface area contributed by atoms with Gasteiger partial charge in [0.2, 0.25) is 0 Å². The zero-order chi connectivity index (χ0) is 13.4. The van der Waals surface area contributed by atoms with Gasteiger partial charge in [-0.3, -0.25) is 4.68 Å². The maximum atomic E-state index is 4.50. The maximum absolute atomic E-state index is 4.50. The van der Waals surface area contributed by atoms with Gasteiger partial charge in [-0.05, 0) is 53.2 Å². The Balaban J connectivity index is 1.87. The highest BCUT2D eigenvalue weighted by atomic mass is 79.9. The van der Waals surface area contributed by atoms with E-state index in [1.807, 2.05) is 23.1 Å². The van der Waals surface area contributed by atoms with Gasteiger partial charge in [0.15, 0.2) is 0 Å². The molecule has 0 fully saturated rings. The first-order valence-corrected chi connectivity index (χ1v) is 8.35. The SMILES string of the molecule is CCc1nn(C)cc1NC1CCCc2sc(Br)cc21. The van der Waals surface area contributed by atoms with Gasteiger partial charge in [0.1, 0.15) is 0 Å². The van der Waals surface area contributed by atoms with Crippen molar-refractivity contribution in [3.8, 4) is 0 Å². The Labute approximate surface area is 126 Å². The average Bonchev–Trinajstić information content (AvgIpc) is 2.92. The summed E-state index contributed by atoms with van der Waals surface area (Å²) in [7, 11) is 1.98. The van der Waals surface area contributed by atoms with Crippen molar-refractivity contribution in [3.63, 3.8) is 0 Å². The van der Waals surface area contributed by atoms with Crippen molar-refractivity contribution < 1.29 is 0 Å². The molecule has 0 saturated carbocycles. The van der Waals surface area contributed by atoms with E-state index in [0.29, 0.717) is 6.04 Å². The van der Waals surface area contributed by atoms with Crippen LogP contribution >= 0.6 is 27.3 Å². The third-order valence-electron chi connectivity index (χ3n) is 3.65. The van der Waals surface area contributed by atoms with E-state index >= 15 is 0 Å². The number of fused-ring (bicyclic) bond motifs is 1. The van der Waals surface area contributed by atoms with Gasteiger partial charge in [0.25, 0.3) is 0 Å². The Hall–Kier alpha value is -0.810. The maximum Gasteiger partial charge on any atom is 0.0853 e. The van der Waals surface area contributed by atoms with Crippen LogP contribution in [0.15, 0.2) is 16.0 Å². The molecule has 102 valence electrons. The van der Waals surface area contributed by atoms with E-state index in [2.05, 4.69) is 45.5 Å². The van der Waals surface area contributed by atoms with Gasteiger partial charge in [-0.1, -0.05) is 6.92 Å². The first-order valence-electron chi connectivity index (χ1n) is 6.74. The lowest BCUT2D eigenvalue weighted by atomic mass is 9.94. The van der Waals surface area contributed by atoms with Crippen LogP contribution in [0.4, 0.5) is 5.69 Å². The molecule has 1 aliphatic rings. The van der Waals surface area contributed by atoms with Crippen LogP contribution in [-0.2, 0) is 19.9 Å². The number of aryl methyl sites for hydroxylation is 3. The molecule has 0 aliphatic heterocycles. The van der Waals surface area contributed by atoms with Crippen LogP contribution in [-0.4, -0.2) is 9.78 Å². The summed E-state index contributed by atoms with van der Waals surface area (Å²) >= 11 is 5.49. The predicted octanol–water partition coefficient (Wildman–Crippen LogP) is 4.30. The molecule has 0 saturated heterocycles. The lowest BCUT2D eigenvalue weighted by Crippen LogP contribution is -2.16.